The summed E-state index contributed by atoms with van der Waals surface area (Å²) in [7, 11) is 0. The zero-order valence-electron chi connectivity index (χ0n) is 13.5. The third kappa shape index (κ3) is 5.58. The van der Waals surface area contributed by atoms with Gasteiger partial charge in [0.05, 0.1) is 11.3 Å². The molecule has 0 aliphatic heterocycles. The van der Waals surface area contributed by atoms with Gasteiger partial charge in [-0.05, 0) is 44.2 Å². The molecule has 0 unspecified atom stereocenters. The number of carbonyl (C=O) groups is 2. The van der Waals surface area contributed by atoms with Crippen molar-refractivity contribution in [3.05, 3.63) is 59.1 Å². The van der Waals surface area contributed by atoms with Crippen LogP contribution in [0.15, 0.2) is 53.4 Å². The van der Waals surface area contributed by atoms with E-state index in [-0.39, 0.29) is 23.6 Å². The van der Waals surface area contributed by atoms with Gasteiger partial charge in [0.2, 0.25) is 5.91 Å². The van der Waals surface area contributed by atoms with Crippen LogP contribution in [0.2, 0.25) is 5.02 Å². The lowest BCUT2D eigenvalue weighted by Crippen LogP contribution is -2.31. The van der Waals surface area contributed by atoms with Crippen LogP contribution in [0.1, 0.15) is 24.2 Å². The van der Waals surface area contributed by atoms with E-state index >= 15 is 0 Å². The number of anilines is 1. The van der Waals surface area contributed by atoms with E-state index in [0.717, 1.165) is 4.90 Å². The second-order valence-electron chi connectivity index (χ2n) is 5.47. The minimum absolute atomic E-state index is 0.0555. The Hall–Kier alpha value is -1.98. The molecule has 2 aromatic rings. The predicted octanol–water partition coefficient (Wildman–Crippen LogP) is 4.21. The summed E-state index contributed by atoms with van der Waals surface area (Å²) < 4.78 is 0. The Morgan fingerprint density at radius 3 is 2.58 bits per heavy atom. The fourth-order valence-electron chi connectivity index (χ4n) is 2.05. The molecule has 0 bridgehead atoms. The van der Waals surface area contributed by atoms with E-state index in [1.54, 1.807) is 36.4 Å². The van der Waals surface area contributed by atoms with E-state index in [1.165, 1.54) is 11.8 Å². The molecule has 0 heterocycles. The van der Waals surface area contributed by atoms with Crippen molar-refractivity contribution in [1.29, 1.82) is 0 Å². The molecule has 2 N–H and O–H groups in total. The fraction of sp³-hybridized carbons (Fsp3) is 0.222. The molecule has 4 nitrogen and oxygen atoms in total. The maximum atomic E-state index is 12.5. The molecule has 24 heavy (non-hydrogen) atoms. The molecule has 0 spiro atoms. The average Bonchev–Trinajstić information content (AvgIpc) is 2.52. The molecular weight excluding hydrogens is 344 g/mol. The summed E-state index contributed by atoms with van der Waals surface area (Å²) in [6.45, 7) is 3.82. The largest absolute Gasteiger partial charge is 0.353 e. The number of halogens is 1. The highest BCUT2D eigenvalue weighted by molar-refractivity contribution is 8.00. The Balaban J connectivity index is 2.07. The number of nitrogens with one attached hydrogen (secondary N) is 2. The molecule has 126 valence electrons. The third-order valence-corrected chi connectivity index (χ3v) is 4.33. The predicted molar refractivity (Wildman–Crippen MR) is 99.8 cm³/mol. The van der Waals surface area contributed by atoms with Gasteiger partial charge in [0, 0.05) is 21.6 Å². The van der Waals surface area contributed by atoms with Crippen LogP contribution in [0.4, 0.5) is 5.69 Å². The van der Waals surface area contributed by atoms with Crippen LogP contribution < -0.4 is 10.6 Å². The Morgan fingerprint density at radius 2 is 1.88 bits per heavy atom. The van der Waals surface area contributed by atoms with Gasteiger partial charge in [0.15, 0.2) is 0 Å². The first-order chi connectivity index (χ1) is 11.5. The van der Waals surface area contributed by atoms with Crippen LogP contribution in [0.5, 0.6) is 0 Å². The van der Waals surface area contributed by atoms with Gasteiger partial charge < -0.3 is 10.6 Å². The molecule has 0 saturated heterocycles. The van der Waals surface area contributed by atoms with Crippen molar-refractivity contribution in [2.45, 2.75) is 24.8 Å². The maximum Gasteiger partial charge on any atom is 0.256 e. The molecule has 2 aromatic carbocycles. The molecule has 0 atom stereocenters. The van der Waals surface area contributed by atoms with Crippen LogP contribution in [0.3, 0.4) is 0 Å². The lowest BCUT2D eigenvalue weighted by molar-refractivity contribution is -0.119. The van der Waals surface area contributed by atoms with Gasteiger partial charge in [0.1, 0.15) is 0 Å². The third-order valence-electron chi connectivity index (χ3n) is 3.02. The average molecular weight is 363 g/mol. The molecule has 0 radical (unpaired) electrons. The minimum Gasteiger partial charge on any atom is -0.353 e. The van der Waals surface area contributed by atoms with Gasteiger partial charge in [-0.2, -0.15) is 0 Å². The number of amides is 2. The molecule has 0 aliphatic carbocycles. The van der Waals surface area contributed by atoms with Crippen molar-refractivity contribution in [1.82, 2.24) is 5.32 Å². The van der Waals surface area contributed by atoms with Crippen LogP contribution in [-0.2, 0) is 4.79 Å². The summed E-state index contributed by atoms with van der Waals surface area (Å²) in [5.41, 5.74) is 1.16. The van der Waals surface area contributed by atoms with Gasteiger partial charge in [-0.1, -0.05) is 29.8 Å². The Bertz CT molecular complexity index is 734. The van der Waals surface area contributed by atoms with Gasteiger partial charge >= 0.3 is 0 Å². The van der Waals surface area contributed by atoms with Crippen molar-refractivity contribution in [2.24, 2.45) is 0 Å². The summed E-state index contributed by atoms with van der Waals surface area (Å²) in [5, 5.41) is 6.21. The number of thioether (sulfide) groups is 1. The molecule has 0 saturated carbocycles. The number of carbonyl (C=O) groups excluding carboxylic acids is 2. The SMILES string of the molecule is CC(C)NC(=O)CSc1ccccc1C(=O)Nc1cccc(Cl)c1. The summed E-state index contributed by atoms with van der Waals surface area (Å²) in [6.07, 6.45) is 0. The minimum atomic E-state index is -0.232. The zero-order valence-corrected chi connectivity index (χ0v) is 15.1. The van der Waals surface area contributed by atoms with Gasteiger partial charge in [-0.3, -0.25) is 9.59 Å². The van der Waals surface area contributed by atoms with Gasteiger partial charge in [-0.15, -0.1) is 11.8 Å². The van der Waals surface area contributed by atoms with Crippen molar-refractivity contribution in [3.63, 3.8) is 0 Å². The molecule has 0 aliphatic rings. The molecule has 6 heteroatoms. The van der Waals surface area contributed by atoms with Gasteiger partial charge in [-0.25, -0.2) is 0 Å². The quantitative estimate of drug-likeness (QED) is 0.757. The summed E-state index contributed by atoms with van der Waals surface area (Å²) in [5.74, 6) is -0.0238. The topological polar surface area (TPSA) is 58.2 Å². The first kappa shape index (κ1) is 18.4. The lowest BCUT2D eigenvalue weighted by Gasteiger charge is -2.11. The molecule has 2 rings (SSSR count). The highest BCUT2D eigenvalue weighted by Crippen LogP contribution is 2.24. The normalized spacial score (nSPS) is 10.5. The van der Waals surface area contributed by atoms with Crippen LogP contribution in [0.25, 0.3) is 0 Å². The van der Waals surface area contributed by atoms with Crippen LogP contribution >= 0.6 is 23.4 Å². The Kier molecular flexibility index (Phi) is 6.70. The standard InChI is InChI=1S/C18H19ClN2O2S/c1-12(2)20-17(22)11-24-16-9-4-3-8-15(16)18(23)21-14-7-5-6-13(19)10-14/h3-10,12H,11H2,1-2H3,(H,20,22)(H,21,23). The fourth-order valence-corrected chi connectivity index (χ4v) is 3.10. The van der Waals surface area contributed by atoms with Crippen LogP contribution in [0, 0.1) is 0 Å². The number of benzene rings is 2. The molecule has 0 aromatic heterocycles. The monoisotopic (exact) mass is 362 g/mol. The van der Waals surface area contributed by atoms with E-state index in [4.69, 9.17) is 11.6 Å². The number of hydrogen-bond donors (Lipinski definition) is 2. The van der Waals surface area contributed by atoms with Crippen LogP contribution in [-0.4, -0.2) is 23.6 Å². The van der Waals surface area contributed by atoms with E-state index in [1.807, 2.05) is 26.0 Å². The second-order valence-corrected chi connectivity index (χ2v) is 6.93. The highest BCUT2D eigenvalue weighted by Gasteiger charge is 2.13. The Labute approximate surface area is 151 Å². The molecular formula is C18H19ClN2O2S. The summed E-state index contributed by atoms with van der Waals surface area (Å²) in [6, 6.07) is 14.3. The van der Waals surface area contributed by atoms with Crippen molar-refractivity contribution >= 4 is 40.9 Å². The van der Waals surface area contributed by atoms with E-state index in [9.17, 15) is 9.59 Å². The van der Waals surface area contributed by atoms with E-state index in [0.29, 0.717) is 16.3 Å². The maximum absolute atomic E-state index is 12.5. The first-order valence-electron chi connectivity index (χ1n) is 7.54. The Morgan fingerprint density at radius 1 is 1.12 bits per heavy atom. The smallest absolute Gasteiger partial charge is 0.256 e. The zero-order chi connectivity index (χ0) is 17.5. The van der Waals surface area contributed by atoms with Crippen molar-refractivity contribution in [2.75, 3.05) is 11.1 Å². The number of rotatable bonds is 6. The summed E-state index contributed by atoms with van der Waals surface area (Å²) >= 11 is 7.27. The van der Waals surface area contributed by atoms with E-state index in [2.05, 4.69) is 10.6 Å². The molecule has 0 fully saturated rings. The highest BCUT2D eigenvalue weighted by atomic mass is 35.5. The summed E-state index contributed by atoms with van der Waals surface area (Å²) in [4.78, 5) is 25.0. The molecule has 2 amide bonds. The van der Waals surface area contributed by atoms with E-state index < -0.39 is 0 Å². The van der Waals surface area contributed by atoms with Crippen molar-refractivity contribution in [3.8, 4) is 0 Å². The second kappa shape index (κ2) is 8.76. The van der Waals surface area contributed by atoms with Crippen molar-refractivity contribution < 1.29 is 9.59 Å². The number of hydrogen-bond acceptors (Lipinski definition) is 3. The van der Waals surface area contributed by atoms with Gasteiger partial charge in [0.25, 0.3) is 5.91 Å². The first-order valence-corrected chi connectivity index (χ1v) is 8.90. The lowest BCUT2D eigenvalue weighted by atomic mass is 10.2.